The second-order valence-corrected chi connectivity index (χ2v) is 6.76. The molecule has 0 amide bonds. The highest BCUT2D eigenvalue weighted by Crippen LogP contribution is 2.21. The molecule has 0 bridgehead atoms. The quantitative estimate of drug-likeness (QED) is 0.681. The van der Waals surface area contributed by atoms with E-state index in [1.165, 1.54) is 12.1 Å². The maximum absolute atomic E-state index is 13.2. The van der Waals surface area contributed by atoms with Crippen molar-refractivity contribution in [2.75, 3.05) is 32.4 Å². The molecule has 0 saturated carbocycles. The van der Waals surface area contributed by atoms with Gasteiger partial charge < -0.3 is 10.2 Å². The van der Waals surface area contributed by atoms with Crippen LogP contribution in [0, 0.1) is 11.6 Å². The van der Waals surface area contributed by atoms with E-state index in [0.717, 1.165) is 37.3 Å². The van der Waals surface area contributed by atoms with Crippen molar-refractivity contribution in [2.24, 2.45) is 4.99 Å². The summed E-state index contributed by atoms with van der Waals surface area (Å²) in [6, 6.07) is 3.64. The van der Waals surface area contributed by atoms with Crippen molar-refractivity contribution in [2.45, 2.75) is 25.0 Å². The second-order valence-electron chi connectivity index (χ2n) is 5.35. The number of thioether (sulfide) groups is 1. The average molecular weight is 327 g/mol. The van der Waals surface area contributed by atoms with Gasteiger partial charge in [-0.15, -0.1) is 0 Å². The highest BCUT2D eigenvalue weighted by atomic mass is 32.2. The fourth-order valence-corrected chi connectivity index (χ4v) is 3.75. The molecule has 1 aliphatic heterocycles. The number of guanidine groups is 1. The minimum Gasteiger partial charge on any atom is -0.356 e. The van der Waals surface area contributed by atoms with Gasteiger partial charge in [0.2, 0.25) is 0 Å². The summed E-state index contributed by atoms with van der Waals surface area (Å²) in [6.45, 7) is 4.79. The molecule has 1 atom stereocenters. The largest absolute Gasteiger partial charge is 0.356 e. The maximum Gasteiger partial charge on any atom is 0.193 e. The molecule has 0 radical (unpaired) electrons. The Morgan fingerprint density at radius 1 is 1.36 bits per heavy atom. The van der Waals surface area contributed by atoms with Crippen molar-refractivity contribution in [3.63, 3.8) is 0 Å². The van der Waals surface area contributed by atoms with Gasteiger partial charge in [0.15, 0.2) is 5.96 Å². The first kappa shape index (κ1) is 17.1. The van der Waals surface area contributed by atoms with Crippen molar-refractivity contribution in [1.29, 1.82) is 0 Å². The molecule has 1 N–H and O–H groups in total. The number of nitrogens with zero attached hydrogens (tertiary/aromatic N) is 2. The van der Waals surface area contributed by atoms with Crippen LogP contribution in [0.5, 0.6) is 0 Å². The number of aliphatic imine (C=N–C) groups is 1. The zero-order chi connectivity index (χ0) is 15.9. The van der Waals surface area contributed by atoms with Gasteiger partial charge in [0.25, 0.3) is 0 Å². The summed E-state index contributed by atoms with van der Waals surface area (Å²) in [5.74, 6) is 0.918. The highest BCUT2D eigenvalue weighted by molar-refractivity contribution is 8.00. The lowest BCUT2D eigenvalue weighted by Gasteiger charge is -2.34. The molecular formula is C16H23F2N3S. The third kappa shape index (κ3) is 4.87. The van der Waals surface area contributed by atoms with E-state index in [-0.39, 0.29) is 0 Å². The zero-order valence-electron chi connectivity index (χ0n) is 13.1. The molecular weight excluding hydrogens is 304 g/mol. The molecule has 1 fully saturated rings. The molecule has 122 valence electrons. The second kappa shape index (κ2) is 8.36. The Hall–Kier alpha value is -1.30. The van der Waals surface area contributed by atoms with Crippen LogP contribution in [0.25, 0.3) is 0 Å². The Balaban J connectivity index is 1.86. The number of halogens is 2. The van der Waals surface area contributed by atoms with Crippen LogP contribution in [0.3, 0.4) is 0 Å². The third-order valence-electron chi connectivity index (χ3n) is 3.72. The summed E-state index contributed by atoms with van der Waals surface area (Å²) in [5, 5.41) is 3.94. The van der Waals surface area contributed by atoms with Gasteiger partial charge >= 0.3 is 0 Å². The lowest BCUT2D eigenvalue weighted by atomic mass is 10.1. The van der Waals surface area contributed by atoms with E-state index >= 15 is 0 Å². The molecule has 3 nitrogen and oxygen atoms in total. The van der Waals surface area contributed by atoms with E-state index in [9.17, 15) is 8.78 Å². The van der Waals surface area contributed by atoms with E-state index in [1.54, 1.807) is 7.05 Å². The summed E-state index contributed by atoms with van der Waals surface area (Å²) in [7, 11) is 1.77. The number of hydrogen-bond acceptors (Lipinski definition) is 2. The number of nitrogens with one attached hydrogen (secondary N) is 1. The Labute approximate surface area is 135 Å². The molecule has 1 aromatic carbocycles. The Kier molecular flexibility index (Phi) is 6.49. The first-order chi connectivity index (χ1) is 10.6. The molecule has 0 aromatic heterocycles. The average Bonchev–Trinajstić information content (AvgIpc) is 2.50. The van der Waals surface area contributed by atoms with Crippen molar-refractivity contribution in [1.82, 2.24) is 10.2 Å². The number of benzene rings is 1. The molecule has 1 saturated heterocycles. The van der Waals surface area contributed by atoms with E-state index in [0.29, 0.717) is 23.8 Å². The lowest BCUT2D eigenvalue weighted by Crippen LogP contribution is -2.48. The van der Waals surface area contributed by atoms with Crippen molar-refractivity contribution >= 4 is 17.7 Å². The molecule has 0 spiro atoms. The minimum atomic E-state index is -0.529. The predicted molar refractivity (Wildman–Crippen MR) is 89.5 cm³/mol. The fraction of sp³-hybridized carbons (Fsp3) is 0.562. The SMILES string of the molecule is CCC1CN(C(=NC)NCCc2cc(F)cc(F)c2)CCS1. The predicted octanol–water partition coefficient (Wildman–Crippen LogP) is 2.91. The number of rotatable bonds is 4. The van der Waals surface area contributed by atoms with Gasteiger partial charge in [0, 0.05) is 43.8 Å². The van der Waals surface area contributed by atoms with E-state index in [4.69, 9.17) is 0 Å². The molecule has 1 unspecified atom stereocenters. The molecule has 22 heavy (non-hydrogen) atoms. The van der Waals surface area contributed by atoms with Crippen LogP contribution in [-0.2, 0) is 6.42 Å². The number of hydrogen-bond donors (Lipinski definition) is 1. The van der Waals surface area contributed by atoms with Crippen molar-refractivity contribution in [3.05, 3.63) is 35.4 Å². The van der Waals surface area contributed by atoms with E-state index < -0.39 is 11.6 Å². The first-order valence-corrected chi connectivity index (χ1v) is 8.69. The van der Waals surface area contributed by atoms with Crippen LogP contribution in [0.15, 0.2) is 23.2 Å². The standard InChI is InChI=1S/C16H23F2N3S/c1-3-15-11-21(6-7-22-15)16(19-2)20-5-4-12-8-13(17)10-14(18)9-12/h8-10,15H,3-7,11H2,1-2H3,(H,19,20). The molecule has 2 rings (SSSR count). The van der Waals surface area contributed by atoms with Crippen LogP contribution in [-0.4, -0.2) is 48.5 Å². The van der Waals surface area contributed by atoms with Gasteiger partial charge in [0.05, 0.1) is 0 Å². The van der Waals surface area contributed by atoms with Crippen LogP contribution in [0.2, 0.25) is 0 Å². The van der Waals surface area contributed by atoms with Crippen LogP contribution in [0.4, 0.5) is 8.78 Å². The van der Waals surface area contributed by atoms with Gasteiger partial charge in [0.1, 0.15) is 11.6 Å². The molecule has 1 heterocycles. The summed E-state index contributed by atoms with van der Waals surface area (Å²) in [4.78, 5) is 6.58. The monoisotopic (exact) mass is 327 g/mol. The Morgan fingerprint density at radius 3 is 2.73 bits per heavy atom. The van der Waals surface area contributed by atoms with Crippen molar-refractivity contribution in [3.8, 4) is 0 Å². The van der Waals surface area contributed by atoms with Crippen LogP contribution >= 0.6 is 11.8 Å². The van der Waals surface area contributed by atoms with E-state index in [1.807, 2.05) is 11.8 Å². The van der Waals surface area contributed by atoms with Crippen molar-refractivity contribution < 1.29 is 8.78 Å². The maximum atomic E-state index is 13.2. The van der Waals surface area contributed by atoms with Crippen LogP contribution < -0.4 is 5.32 Å². The fourth-order valence-electron chi connectivity index (χ4n) is 2.56. The first-order valence-electron chi connectivity index (χ1n) is 7.64. The highest BCUT2D eigenvalue weighted by Gasteiger charge is 2.21. The topological polar surface area (TPSA) is 27.6 Å². The van der Waals surface area contributed by atoms with Crippen LogP contribution in [0.1, 0.15) is 18.9 Å². The normalized spacial score (nSPS) is 19.4. The van der Waals surface area contributed by atoms with E-state index in [2.05, 4.69) is 22.1 Å². The summed E-state index contributed by atoms with van der Waals surface area (Å²) >= 11 is 2.01. The molecule has 0 aliphatic carbocycles. The summed E-state index contributed by atoms with van der Waals surface area (Å²) in [6.07, 6.45) is 1.72. The third-order valence-corrected chi connectivity index (χ3v) is 5.10. The Bertz CT molecular complexity index is 502. The van der Waals surface area contributed by atoms with Gasteiger partial charge in [-0.25, -0.2) is 8.78 Å². The minimum absolute atomic E-state index is 0.529. The zero-order valence-corrected chi connectivity index (χ0v) is 13.9. The van der Waals surface area contributed by atoms with Gasteiger partial charge in [-0.3, -0.25) is 4.99 Å². The molecule has 6 heteroatoms. The molecule has 1 aromatic rings. The summed E-state index contributed by atoms with van der Waals surface area (Å²) < 4.78 is 26.3. The van der Waals surface area contributed by atoms with Gasteiger partial charge in [-0.1, -0.05) is 6.92 Å². The molecule has 1 aliphatic rings. The summed E-state index contributed by atoms with van der Waals surface area (Å²) in [5.41, 5.74) is 0.654. The lowest BCUT2D eigenvalue weighted by molar-refractivity contribution is 0.408. The smallest absolute Gasteiger partial charge is 0.193 e. The van der Waals surface area contributed by atoms with Gasteiger partial charge in [-0.2, -0.15) is 11.8 Å². The van der Waals surface area contributed by atoms with Gasteiger partial charge in [-0.05, 0) is 30.5 Å². The Morgan fingerprint density at radius 2 is 2.09 bits per heavy atom.